The third kappa shape index (κ3) is 3.92. The molecule has 3 aromatic rings. The van der Waals surface area contributed by atoms with Crippen LogP contribution >= 0.6 is 0 Å². The number of carbonyl (C=O) groups is 3. The number of nitrogens with two attached hydrogens (primary N) is 1. The number of urea groups is 1. The number of imide groups is 1. The lowest BCUT2D eigenvalue weighted by molar-refractivity contribution is -0.118. The van der Waals surface area contributed by atoms with Gasteiger partial charge in [-0.15, -0.1) is 0 Å². The number of imidazole rings is 1. The summed E-state index contributed by atoms with van der Waals surface area (Å²) in [4.78, 5) is 50.5. The average Bonchev–Trinajstić information content (AvgIpc) is 3.73. The molecule has 1 aliphatic heterocycles. The van der Waals surface area contributed by atoms with Crippen molar-refractivity contribution in [2.45, 2.75) is 37.8 Å². The van der Waals surface area contributed by atoms with E-state index >= 15 is 0 Å². The maximum absolute atomic E-state index is 12.3. The third-order valence-electron chi connectivity index (χ3n) is 6.19. The second-order valence-electron chi connectivity index (χ2n) is 8.94. The highest BCUT2D eigenvalue weighted by atomic mass is 16.2. The standard InChI is InChI=1S/C22H23N9O3/c23-19(27-16-6-17(25-10-24-16)28-21(33)12-3-4-12)14-8-30-7-13(11-1-2-11)5-15(20(30)26-14)31-9-18(32)29-22(31)34/h5-8,10-12,19H,1-4,9,23H2,(H,29,32,34)(H2,24,25,27,28,33)/t19-/m0/s1. The Morgan fingerprint density at radius 2 is 1.91 bits per heavy atom. The zero-order valence-corrected chi connectivity index (χ0v) is 18.2. The van der Waals surface area contributed by atoms with E-state index in [1.165, 1.54) is 11.2 Å². The highest BCUT2D eigenvalue weighted by Gasteiger charge is 2.33. The third-order valence-corrected chi connectivity index (χ3v) is 6.19. The first kappa shape index (κ1) is 20.5. The van der Waals surface area contributed by atoms with Gasteiger partial charge in [-0.2, -0.15) is 0 Å². The van der Waals surface area contributed by atoms with E-state index in [2.05, 4.69) is 30.9 Å². The number of hydrogen-bond acceptors (Lipinski definition) is 8. The van der Waals surface area contributed by atoms with E-state index in [-0.39, 0.29) is 24.3 Å². The first-order valence-corrected chi connectivity index (χ1v) is 11.2. The minimum absolute atomic E-state index is 0.0438. The van der Waals surface area contributed by atoms with Crippen LogP contribution in [0.3, 0.4) is 0 Å². The Balaban J connectivity index is 1.28. The molecule has 0 bridgehead atoms. The van der Waals surface area contributed by atoms with Gasteiger partial charge < -0.3 is 20.8 Å². The van der Waals surface area contributed by atoms with Gasteiger partial charge in [0.1, 0.15) is 30.7 Å². The van der Waals surface area contributed by atoms with Gasteiger partial charge in [0.05, 0.1) is 11.4 Å². The fraction of sp³-hybridized carbons (Fsp3) is 0.364. The van der Waals surface area contributed by atoms with E-state index < -0.39 is 12.2 Å². The number of fused-ring (bicyclic) bond motifs is 1. The van der Waals surface area contributed by atoms with Crippen LogP contribution in [-0.2, 0) is 9.59 Å². The van der Waals surface area contributed by atoms with Crippen LogP contribution in [0.5, 0.6) is 0 Å². The van der Waals surface area contributed by atoms with Crippen LogP contribution in [0.15, 0.2) is 30.9 Å². The number of hydrogen-bond donors (Lipinski definition) is 4. The monoisotopic (exact) mass is 461 g/mol. The predicted molar refractivity (Wildman–Crippen MR) is 122 cm³/mol. The van der Waals surface area contributed by atoms with E-state index in [1.54, 1.807) is 12.3 Å². The van der Waals surface area contributed by atoms with Gasteiger partial charge in [0.15, 0.2) is 5.65 Å². The van der Waals surface area contributed by atoms with Crippen LogP contribution in [0.25, 0.3) is 5.65 Å². The number of anilines is 3. The summed E-state index contributed by atoms with van der Waals surface area (Å²) in [6.45, 7) is -0.0502. The molecule has 3 aromatic heterocycles. The van der Waals surface area contributed by atoms with Crippen molar-refractivity contribution in [1.82, 2.24) is 24.7 Å². The molecule has 1 saturated heterocycles. The Labute approximate surface area is 193 Å². The van der Waals surface area contributed by atoms with Gasteiger partial charge in [-0.25, -0.2) is 19.7 Å². The summed E-state index contributed by atoms with van der Waals surface area (Å²) in [6.07, 6.45) is 8.41. The second kappa shape index (κ2) is 7.76. The second-order valence-corrected chi connectivity index (χ2v) is 8.94. The maximum atomic E-state index is 12.3. The highest BCUT2D eigenvalue weighted by molar-refractivity contribution is 6.13. The normalized spacial score (nSPS) is 18.8. The maximum Gasteiger partial charge on any atom is 0.329 e. The van der Waals surface area contributed by atoms with Crippen LogP contribution in [0.1, 0.15) is 49.0 Å². The van der Waals surface area contributed by atoms with Crippen molar-refractivity contribution >= 4 is 40.8 Å². The molecular weight excluding hydrogens is 438 g/mol. The number of pyridine rings is 1. The van der Waals surface area contributed by atoms with Crippen LogP contribution in [-0.4, -0.2) is 43.7 Å². The molecule has 3 fully saturated rings. The quantitative estimate of drug-likeness (QED) is 0.304. The molecule has 12 heteroatoms. The van der Waals surface area contributed by atoms with Crippen molar-refractivity contribution in [3.05, 3.63) is 42.1 Å². The van der Waals surface area contributed by atoms with E-state index in [0.29, 0.717) is 34.6 Å². The lowest BCUT2D eigenvalue weighted by Crippen LogP contribution is -2.28. The van der Waals surface area contributed by atoms with Crippen molar-refractivity contribution < 1.29 is 14.4 Å². The Hall–Kier alpha value is -4.06. The molecule has 12 nitrogen and oxygen atoms in total. The van der Waals surface area contributed by atoms with Gasteiger partial charge in [0, 0.05) is 24.4 Å². The molecule has 34 heavy (non-hydrogen) atoms. The Morgan fingerprint density at radius 3 is 2.62 bits per heavy atom. The highest BCUT2D eigenvalue weighted by Crippen LogP contribution is 2.42. The number of aromatic nitrogens is 4. The van der Waals surface area contributed by atoms with Crippen molar-refractivity contribution in [2.75, 3.05) is 22.1 Å². The fourth-order valence-electron chi connectivity index (χ4n) is 4.06. The zero-order chi connectivity index (χ0) is 23.4. The molecule has 0 unspecified atom stereocenters. The number of amides is 4. The van der Waals surface area contributed by atoms with Gasteiger partial charge in [-0.1, -0.05) is 0 Å². The summed E-state index contributed by atoms with van der Waals surface area (Å²) in [7, 11) is 0. The number of rotatable bonds is 7. The molecule has 0 radical (unpaired) electrons. The molecule has 4 heterocycles. The largest absolute Gasteiger partial charge is 0.349 e. The van der Waals surface area contributed by atoms with E-state index in [1.807, 2.05) is 16.7 Å². The molecule has 3 aliphatic rings. The first-order chi connectivity index (χ1) is 16.4. The summed E-state index contributed by atoms with van der Waals surface area (Å²) >= 11 is 0. The molecule has 1 atom stereocenters. The van der Waals surface area contributed by atoms with E-state index in [0.717, 1.165) is 31.2 Å². The minimum Gasteiger partial charge on any atom is -0.349 e. The molecule has 0 spiro atoms. The van der Waals surface area contributed by atoms with Crippen molar-refractivity contribution in [3.63, 3.8) is 0 Å². The van der Waals surface area contributed by atoms with Crippen LogP contribution < -0.4 is 26.6 Å². The van der Waals surface area contributed by atoms with Gasteiger partial charge >= 0.3 is 6.03 Å². The van der Waals surface area contributed by atoms with Gasteiger partial charge in [-0.3, -0.25) is 19.8 Å². The van der Waals surface area contributed by atoms with Crippen LogP contribution in [0, 0.1) is 5.92 Å². The summed E-state index contributed by atoms with van der Waals surface area (Å²) in [5.41, 5.74) is 9.10. The average molecular weight is 461 g/mol. The van der Waals surface area contributed by atoms with Crippen LogP contribution in [0.4, 0.5) is 22.1 Å². The Kier molecular flexibility index (Phi) is 4.69. The number of nitrogens with zero attached hydrogens (tertiary/aromatic N) is 5. The van der Waals surface area contributed by atoms with E-state index in [9.17, 15) is 14.4 Å². The molecule has 6 rings (SSSR count). The molecule has 2 aliphatic carbocycles. The minimum atomic E-state index is -0.715. The summed E-state index contributed by atoms with van der Waals surface area (Å²) < 4.78 is 1.84. The molecule has 2 saturated carbocycles. The molecule has 0 aromatic carbocycles. The molecule has 5 N–H and O–H groups in total. The summed E-state index contributed by atoms with van der Waals surface area (Å²) in [5.74, 6) is 0.949. The van der Waals surface area contributed by atoms with Crippen LogP contribution in [0.2, 0.25) is 0 Å². The number of nitrogens with one attached hydrogen (secondary N) is 3. The Bertz CT molecular complexity index is 1330. The Morgan fingerprint density at radius 1 is 1.12 bits per heavy atom. The first-order valence-electron chi connectivity index (χ1n) is 11.2. The fourth-order valence-corrected chi connectivity index (χ4v) is 4.06. The smallest absolute Gasteiger partial charge is 0.329 e. The zero-order valence-electron chi connectivity index (χ0n) is 18.2. The lowest BCUT2D eigenvalue weighted by Gasteiger charge is -2.16. The summed E-state index contributed by atoms with van der Waals surface area (Å²) in [5, 5.41) is 8.19. The topological polar surface area (TPSA) is 160 Å². The van der Waals surface area contributed by atoms with Gasteiger partial charge in [0.2, 0.25) is 11.8 Å². The van der Waals surface area contributed by atoms with E-state index in [4.69, 9.17) is 5.73 Å². The van der Waals surface area contributed by atoms with Crippen molar-refractivity contribution in [2.24, 2.45) is 11.7 Å². The molecule has 174 valence electrons. The molecular formula is C22H23N9O3. The van der Waals surface area contributed by atoms with Crippen molar-refractivity contribution in [3.8, 4) is 0 Å². The lowest BCUT2D eigenvalue weighted by atomic mass is 10.1. The van der Waals surface area contributed by atoms with Gasteiger partial charge in [-0.05, 0) is 43.2 Å². The predicted octanol–water partition coefficient (Wildman–Crippen LogP) is 1.48. The number of carbonyl (C=O) groups excluding carboxylic acids is 3. The summed E-state index contributed by atoms with van der Waals surface area (Å²) in [6, 6.07) is 3.08. The SMILES string of the molecule is N[C@@H](Nc1cc(NC(=O)C2CC2)ncn1)c1cn2cc(C3CC3)cc(N3CC(=O)NC3=O)c2n1. The van der Waals surface area contributed by atoms with Crippen molar-refractivity contribution in [1.29, 1.82) is 0 Å². The molecule has 4 amide bonds. The van der Waals surface area contributed by atoms with Gasteiger partial charge in [0.25, 0.3) is 0 Å².